The van der Waals surface area contributed by atoms with Gasteiger partial charge < -0.3 is 8.93 Å². The van der Waals surface area contributed by atoms with Crippen LogP contribution in [0.1, 0.15) is 0 Å². The van der Waals surface area contributed by atoms with Crippen LogP contribution in [-0.2, 0) is 4.52 Å². The molecular weight excluding hydrogens is 313 g/mol. The van der Waals surface area contributed by atoms with E-state index in [9.17, 15) is 0 Å². The number of rotatable bonds is 5. The molecule has 0 aromatic carbocycles. The number of nitrogens with zero attached hydrogens (tertiary/aromatic N) is 1. The lowest BCUT2D eigenvalue weighted by Crippen LogP contribution is -2.53. The van der Waals surface area contributed by atoms with E-state index in [4.69, 9.17) is 20.2 Å². The molecule has 18 heavy (non-hydrogen) atoms. The molecule has 0 radical (unpaired) electrons. The maximum atomic E-state index is 6.97. The fourth-order valence-corrected chi connectivity index (χ4v) is 34.2. The molecule has 110 valence electrons. The van der Waals surface area contributed by atoms with Crippen LogP contribution in [0.5, 0.6) is 0 Å². The maximum absolute atomic E-state index is 6.97. The van der Waals surface area contributed by atoms with Crippen molar-refractivity contribution < 1.29 is 4.52 Å². The first-order valence-electron chi connectivity index (χ1n) is 6.52. The molecule has 0 fully saturated rings. The van der Waals surface area contributed by atoms with Crippen LogP contribution in [0.2, 0.25) is 58.9 Å². The molecule has 0 bridgehead atoms. The van der Waals surface area contributed by atoms with Crippen LogP contribution < -0.4 is 0 Å². The Morgan fingerprint density at radius 3 is 1.39 bits per heavy atom. The summed E-state index contributed by atoms with van der Waals surface area (Å²) >= 11 is 6.97. The molecule has 0 amide bonds. The third-order valence-corrected chi connectivity index (χ3v) is 25.2. The lowest BCUT2D eigenvalue weighted by atomic mass is 11.7. The van der Waals surface area contributed by atoms with Crippen LogP contribution in [0, 0.1) is 0 Å². The van der Waals surface area contributed by atoms with Gasteiger partial charge in [-0.2, -0.15) is 0 Å². The van der Waals surface area contributed by atoms with Gasteiger partial charge in [0.25, 0.3) is 0 Å². The van der Waals surface area contributed by atoms with Gasteiger partial charge >= 0.3 is 0 Å². The summed E-state index contributed by atoms with van der Waals surface area (Å²) in [5.74, 6) is 0. The van der Waals surface area contributed by atoms with Crippen LogP contribution in [0.3, 0.4) is 0 Å². The van der Waals surface area contributed by atoms with Crippen LogP contribution >= 0.6 is 17.9 Å². The zero-order valence-corrected chi connectivity index (χ0v) is 18.4. The molecule has 0 heterocycles. The molecule has 0 aromatic heterocycles. The minimum Gasteiger partial charge on any atom is -0.337 e. The number of halogens is 1. The highest BCUT2D eigenvalue weighted by Gasteiger charge is 2.48. The minimum absolute atomic E-state index is 0.524. The standard InChI is InChI=1S/C11H31ClNOPSi3/c1-14-15(12,13-18(8,9)10)11(16(2,3)4)17(5,6)7/h11H,1-10H3. The summed E-state index contributed by atoms with van der Waals surface area (Å²) in [5, 5.41) is 0. The Labute approximate surface area is 122 Å². The lowest BCUT2D eigenvalue weighted by molar-refractivity contribution is 0.464. The Bertz CT molecular complexity index is 328. The van der Waals surface area contributed by atoms with E-state index in [1.807, 2.05) is 0 Å². The van der Waals surface area contributed by atoms with Gasteiger partial charge in [-0.3, -0.25) is 0 Å². The van der Waals surface area contributed by atoms with Crippen molar-refractivity contribution in [1.82, 2.24) is 0 Å². The van der Waals surface area contributed by atoms with E-state index < -0.39 is 31.0 Å². The molecule has 0 saturated carbocycles. The second-order valence-corrected chi connectivity index (χ2v) is 28.9. The predicted molar refractivity (Wildman–Crippen MR) is 96.0 cm³/mol. The largest absolute Gasteiger partial charge is 0.337 e. The molecule has 1 atom stereocenters. The van der Waals surface area contributed by atoms with E-state index in [1.165, 1.54) is 0 Å². The molecule has 0 aliphatic carbocycles. The van der Waals surface area contributed by atoms with E-state index in [2.05, 4.69) is 58.9 Å². The fourth-order valence-electron chi connectivity index (χ4n) is 2.87. The number of hydrogen-bond donors (Lipinski definition) is 0. The topological polar surface area (TPSA) is 21.6 Å². The van der Waals surface area contributed by atoms with Gasteiger partial charge in [-0.25, -0.2) is 0 Å². The van der Waals surface area contributed by atoms with Gasteiger partial charge in [0.1, 0.15) is 0 Å². The number of hydrogen-bond acceptors (Lipinski definition) is 2. The summed E-state index contributed by atoms with van der Waals surface area (Å²) in [5.41, 5.74) is 0. The van der Waals surface area contributed by atoms with Gasteiger partial charge in [0.15, 0.2) is 14.9 Å². The fraction of sp³-hybridized carbons (Fsp3) is 1.00. The van der Waals surface area contributed by atoms with E-state index in [0.717, 1.165) is 0 Å². The van der Waals surface area contributed by atoms with Gasteiger partial charge in [0, 0.05) is 12.0 Å². The van der Waals surface area contributed by atoms with Crippen molar-refractivity contribution >= 4 is 42.3 Å². The monoisotopic (exact) mass is 343 g/mol. The highest BCUT2D eigenvalue weighted by Crippen LogP contribution is 2.65. The Morgan fingerprint density at radius 2 is 1.22 bits per heavy atom. The lowest BCUT2D eigenvalue weighted by Gasteiger charge is -2.43. The van der Waals surface area contributed by atoms with Crippen molar-refractivity contribution in [2.45, 2.75) is 63.8 Å². The van der Waals surface area contributed by atoms with Gasteiger partial charge in [0.2, 0.25) is 0 Å². The Balaban J connectivity index is 5.96. The zero-order chi connectivity index (χ0) is 15.0. The van der Waals surface area contributed by atoms with Crippen LogP contribution in [0.4, 0.5) is 0 Å². The molecule has 0 aromatic rings. The van der Waals surface area contributed by atoms with Gasteiger partial charge in [-0.1, -0.05) is 39.3 Å². The van der Waals surface area contributed by atoms with E-state index in [0.29, 0.717) is 4.91 Å². The van der Waals surface area contributed by atoms with Crippen LogP contribution in [0.15, 0.2) is 4.41 Å². The summed E-state index contributed by atoms with van der Waals surface area (Å²) in [6.07, 6.45) is 0. The second-order valence-electron chi connectivity index (χ2n) is 8.13. The van der Waals surface area contributed by atoms with Gasteiger partial charge in [-0.05, 0) is 30.9 Å². The van der Waals surface area contributed by atoms with Gasteiger partial charge in [-0.15, -0.1) is 0 Å². The van der Waals surface area contributed by atoms with Crippen molar-refractivity contribution in [3.8, 4) is 0 Å². The minimum atomic E-state index is -2.14. The summed E-state index contributed by atoms with van der Waals surface area (Å²) in [6, 6.07) is 0. The summed E-state index contributed by atoms with van der Waals surface area (Å²) < 4.78 is 10.9. The molecule has 0 aliphatic heterocycles. The van der Waals surface area contributed by atoms with Crippen molar-refractivity contribution in [2.24, 2.45) is 4.41 Å². The first-order chi connectivity index (χ1) is 7.63. The molecule has 2 nitrogen and oxygen atoms in total. The quantitative estimate of drug-likeness (QED) is 0.452. The van der Waals surface area contributed by atoms with E-state index >= 15 is 0 Å². The summed E-state index contributed by atoms with van der Waals surface area (Å²) in [6.45, 7) is 19.0. The normalized spacial score (nSPS) is 17.8. The molecule has 1 unspecified atom stereocenters. The molecule has 0 aliphatic rings. The first-order valence-corrected chi connectivity index (χ1v) is 19.8. The summed E-state index contributed by atoms with van der Waals surface area (Å²) in [4.78, 5) is 0.524. The third kappa shape index (κ3) is 5.63. The molecule has 0 rings (SSSR count). The third-order valence-electron chi connectivity index (χ3n) is 2.65. The zero-order valence-electron chi connectivity index (χ0n) is 13.8. The smallest absolute Gasteiger partial charge is 0.174 e. The van der Waals surface area contributed by atoms with Gasteiger partial charge in [0.05, 0.1) is 16.1 Å². The summed E-state index contributed by atoms with van der Waals surface area (Å²) in [7, 11) is -2.60. The molecular formula is C11H31ClNOPSi3. The Hall–Kier alpha value is 1.13. The second kappa shape index (κ2) is 5.86. The Morgan fingerprint density at radius 1 is 0.889 bits per heavy atom. The molecule has 0 saturated heterocycles. The highest BCUT2D eigenvalue weighted by atomic mass is 35.7. The van der Waals surface area contributed by atoms with Crippen molar-refractivity contribution in [3.05, 3.63) is 0 Å². The first kappa shape index (κ1) is 19.1. The molecule has 0 spiro atoms. The van der Waals surface area contributed by atoms with E-state index in [1.54, 1.807) is 7.11 Å². The predicted octanol–water partition coefficient (Wildman–Crippen LogP) is 5.86. The van der Waals surface area contributed by atoms with E-state index in [-0.39, 0.29) is 0 Å². The average molecular weight is 344 g/mol. The van der Waals surface area contributed by atoms with Crippen molar-refractivity contribution in [1.29, 1.82) is 0 Å². The Kier molecular flexibility index (Phi) is 6.23. The SMILES string of the molecule is COP(Cl)(=N[Si](C)(C)C)C([Si](C)(C)C)[Si](C)(C)C. The van der Waals surface area contributed by atoms with Crippen molar-refractivity contribution in [3.63, 3.8) is 0 Å². The average Bonchev–Trinajstić information content (AvgIpc) is 1.93. The highest BCUT2D eigenvalue weighted by molar-refractivity contribution is 7.92. The maximum Gasteiger partial charge on any atom is 0.174 e. The van der Waals surface area contributed by atoms with Crippen LogP contribution in [0.25, 0.3) is 0 Å². The molecule has 0 N–H and O–H groups in total. The van der Waals surface area contributed by atoms with Crippen LogP contribution in [-0.4, -0.2) is 36.4 Å². The van der Waals surface area contributed by atoms with Crippen molar-refractivity contribution in [2.75, 3.05) is 7.11 Å². The molecule has 7 heteroatoms.